The van der Waals surface area contributed by atoms with Gasteiger partial charge in [-0.1, -0.05) is 48.5 Å². The third-order valence-electron chi connectivity index (χ3n) is 10.1. The van der Waals surface area contributed by atoms with Gasteiger partial charge in [-0.2, -0.15) is 0 Å². The standard InChI is InChI=1S/C44H53N3O11/c48-34-9-6-30(26-37(34)51)16-23-45-40(54)12-19-44(22-15-43(57)58-29-33-4-2-1-3-5-33,20-13-41(55)46-24-17-31-7-10-35(49)38(52)27-31)21-14-42(56)47-25-18-32-8-11-36(50)39(53)28-32/h1-11,26-28,48-53H,12-25,29H2,(H,45,54)(H,46,55)(H,47,56). The first-order chi connectivity index (χ1) is 27.8. The molecule has 14 nitrogen and oxygen atoms in total. The maximum atomic E-state index is 13.2. The van der Waals surface area contributed by atoms with Crippen LogP contribution in [-0.4, -0.2) is 74.0 Å². The summed E-state index contributed by atoms with van der Waals surface area (Å²) < 4.78 is 5.56. The SMILES string of the molecule is O=C(CCC(CCC(=O)NCCc1ccc(O)c(O)c1)(CCC(=O)NCCc1ccc(O)c(O)c1)CCC(=O)OCc1ccccc1)NCCc1ccc(O)c(O)c1. The summed E-state index contributed by atoms with van der Waals surface area (Å²) in [5, 5.41) is 66.9. The highest BCUT2D eigenvalue weighted by Gasteiger charge is 2.33. The van der Waals surface area contributed by atoms with E-state index in [-0.39, 0.29) is 130 Å². The van der Waals surface area contributed by atoms with Crippen molar-refractivity contribution in [3.63, 3.8) is 0 Å². The second-order valence-corrected chi connectivity index (χ2v) is 14.4. The van der Waals surface area contributed by atoms with Crippen molar-refractivity contribution >= 4 is 23.7 Å². The summed E-state index contributed by atoms with van der Waals surface area (Å²) >= 11 is 0. The van der Waals surface area contributed by atoms with Gasteiger partial charge in [0.05, 0.1) is 0 Å². The van der Waals surface area contributed by atoms with Crippen molar-refractivity contribution < 1.29 is 54.6 Å². The van der Waals surface area contributed by atoms with Crippen LogP contribution in [0.15, 0.2) is 84.9 Å². The van der Waals surface area contributed by atoms with Crippen LogP contribution < -0.4 is 16.0 Å². The number of rotatable bonds is 23. The number of hydrogen-bond acceptors (Lipinski definition) is 11. The van der Waals surface area contributed by atoms with Gasteiger partial charge in [-0.3, -0.25) is 19.2 Å². The zero-order valence-corrected chi connectivity index (χ0v) is 32.4. The molecule has 14 heteroatoms. The summed E-state index contributed by atoms with van der Waals surface area (Å²) in [6.07, 6.45) is 2.29. The Balaban J connectivity index is 1.43. The normalized spacial score (nSPS) is 11.1. The van der Waals surface area contributed by atoms with E-state index in [4.69, 9.17) is 4.74 Å². The Bertz CT molecular complexity index is 1810. The van der Waals surface area contributed by atoms with Crippen molar-refractivity contribution in [1.29, 1.82) is 0 Å². The Morgan fingerprint density at radius 1 is 0.448 bits per heavy atom. The zero-order chi connectivity index (χ0) is 41.9. The van der Waals surface area contributed by atoms with Crippen molar-refractivity contribution in [2.75, 3.05) is 19.6 Å². The first-order valence-electron chi connectivity index (χ1n) is 19.3. The minimum absolute atomic E-state index is 0.0171. The number of esters is 1. The molecule has 0 aromatic heterocycles. The summed E-state index contributed by atoms with van der Waals surface area (Å²) in [7, 11) is 0. The predicted molar refractivity (Wildman–Crippen MR) is 215 cm³/mol. The largest absolute Gasteiger partial charge is 0.504 e. The smallest absolute Gasteiger partial charge is 0.306 e. The van der Waals surface area contributed by atoms with E-state index in [1.807, 2.05) is 30.3 Å². The van der Waals surface area contributed by atoms with E-state index in [0.717, 1.165) is 5.56 Å². The highest BCUT2D eigenvalue weighted by molar-refractivity contribution is 5.77. The molecule has 4 aromatic rings. The molecule has 4 rings (SSSR count). The number of carbonyl (C=O) groups is 4. The molecule has 0 aliphatic rings. The molecule has 0 fully saturated rings. The number of ether oxygens (including phenoxy) is 1. The molecular formula is C44H53N3O11. The number of carbonyl (C=O) groups excluding carboxylic acids is 4. The third-order valence-corrected chi connectivity index (χ3v) is 10.1. The molecule has 58 heavy (non-hydrogen) atoms. The minimum atomic E-state index is -0.813. The first kappa shape index (κ1) is 44.3. The fourth-order valence-corrected chi connectivity index (χ4v) is 6.54. The molecule has 0 unspecified atom stereocenters. The van der Waals surface area contributed by atoms with E-state index >= 15 is 0 Å². The molecule has 310 valence electrons. The molecule has 0 heterocycles. The van der Waals surface area contributed by atoms with Crippen LogP contribution in [0.25, 0.3) is 0 Å². The number of nitrogens with one attached hydrogen (secondary N) is 3. The Labute approximate surface area is 337 Å². The fourth-order valence-electron chi connectivity index (χ4n) is 6.54. The molecule has 0 atom stereocenters. The Kier molecular flexibility index (Phi) is 17.1. The van der Waals surface area contributed by atoms with Gasteiger partial charge in [0, 0.05) is 45.3 Å². The quantitative estimate of drug-likeness (QED) is 0.0352. The van der Waals surface area contributed by atoms with Gasteiger partial charge in [-0.25, -0.2) is 0 Å². The maximum Gasteiger partial charge on any atom is 0.306 e. The maximum absolute atomic E-state index is 13.2. The summed E-state index contributed by atoms with van der Waals surface area (Å²) in [6, 6.07) is 22.5. The van der Waals surface area contributed by atoms with Crippen LogP contribution in [0.5, 0.6) is 34.5 Å². The van der Waals surface area contributed by atoms with Gasteiger partial charge < -0.3 is 51.3 Å². The molecule has 0 aliphatic heterocycles. The number of aromatic hydroxyl groups is 6. The number of amides is 3. The van der Waals surface area contributed by atoms with Gasteiger partial charge in [-0.05, 0) is 109 Å². The van der Waals surface area contributed by atoms with E-state index < -0.39 is 11.4 Å². The van der Waals surface area contributed by atoms with Crippen LogP contribution in [0, 0.1) is 5.41 Å². The van der Waals surface area contributed by atoms with Crippen LogP contribution >= 0.6 is 0 Å². The summed E-state index contributed by atoms with van der Waals surface area (Å²) in [5.41, 5.74) is 2.13. The van der Waals surface area contributed by atoms with Crippen molar-refractivity contribution in [2.24, 2.45) is 5.41 Å². The lowest BCUT2D eigenvalue weighted by Crippen LogP contribution is -2.33. The average molecular weight is 800 g/mol. The summed E-state index contributed by atoms with van der Waals surface area (Å²) in [6.45, 7) is 0.842. The predicted octanol–water partition coefficient (Wildman–Crippen LogP) is 5.15. The molecule has 0 saturated heterocycles. The van der Waals surface area contributed by atoms with Gasteiger partial charge in [0.1, 0.15) is 6.61 Å². The lowest BCUT2D eigenvalue weighted by Gasteiger charge is -2.34. The second kappa shape index (κ2) is 22.3. The first-order valence-corrected chi connectivity index (χ1v) is 19.3. The third kappa shape index (κ3) is 15.2. The van der Waals surface area contributed by atoms with E-state index in [2.05, 4.69) is 16.0 Å². The van der Waals surface area contributed by atoms with Crippen LogP contribution in [0.2, 0.25) is 0 Å². The highest BCUT2D eigenvalue weighted by atomic mass is 16.5. The van der Waals surface area contributed by atoms with E-state index in [0.29, 0.717) is 36.0 Å². The molecular weight excluding hydrogens is 746 g/mol. The van der Waals surface area contributed by atoms with Crippen LogP contribution in [-0.2, 0) is 49.8 Å². The number of phenolic OH excluding ortho intramolecular Hbond substituents is 6. The number of hydrogen-bond donors (Lipinski definition) is 9. The lowest BCUT2D eigenvalue weighted by atomic mass is 9.71. The van der Waals surface area contributed by atoms with Crippen LogP contribution in [0.4, 0.5) is 0 Å². The number of benzene rings is 4. The molecule has 0 saturated carbocycles. The molecule has 0 spiro atoms. The molecule has 3 amide bonds. The summed E-state index contributed by atoms with van der Waals surface area (Å²) in [5.74, 6) is -2.80. The average Bonchev–Trinajstić information content (AvgIpc) is 3.21. The topological polar surface area (TPSA) is 235 Å². The molecule has 4 aromatic carbocycles. The molecule has 0 radical (unpaired) electrons. The summed E-state index contributed by atoms with van der Waals surface area (Å²) in [4.78, 5) is 52.7. The van der Waals surface area contributed by atoms with E-state index in [1.54, 1.807) is 18.2 Å². The van der Waals surface area contributed by atoms with Crippen molar-refractivity contribution in [2.45, 2.75) is 77.2 Å². The van der Waals surface area contributed by atoms with Gasteiger partial charge >= 0.3 is 5.97 Å². The van der Waals surface area contributed by atoms with E-state index in [9.17, 15) is 49.8 Å². The van der Waals surface area contributed by atoms with Crippen molar-refractivity contribution in [1.82, 2.24) is 16.0 Å². The number of phenols is 6. The zero-order valence-electron chi connectivity index (χ0n) is 32.4. The van der Waals surface area contributed by atoms with Crippen molar-refractivity contribution in [3.8, 4) is 34.5 Å². The lowest BCUT2D eigenvalue weighted by molar-refractivity contribution is -0.145. The Morgan fingerprint density at radius 3 is 1.17 bits per heavy atom. The van der Waals surface area contributed by atoms with Gasteiger partial charge in [0.15, 0.2) is 34.5 Å². The molecule has 9 N–H and O–H groups in total. The van der Waals surface area contributed by atoms with Crippen molar-refractivity contribution in [3.05, 3.63) is 107 Å². The van der Waals surface area contributed by atoms with Gasteiger partial charge in [0.25, 0.3) is 0 Å². The van der Waals surface area contributed by atoms with Gasteiger partial charge in [-0.15, -0.1) is 0 Å². The van der Waals surface area contributed by atoms with E-state index in [1.165, 1.54) is 36.4 Å². The monoisotopic (exact) mass is 799 g/mol. The second-order valence-electron chi connectivity index (χ2n) is 14.4. The highest BCUT2D eigenvalue weighted by Crippen LogP contribution is 2.40. The van der Waals surface area contributed by atoms with Crippen LogP contribution in [0.1, 0.15) is 73.6 Å². The van der Waals surface area contributed by atoms with Crippen LogP contribution in [0.3, 0.4) is 0 Å². The Hall–Kier alpha value is -6.44. The fraction of sp³-hybridized carbons (Fsp3) is 0.364. The van der Waals surface area contributed by atoms with Gasteiger partial charge in [0.2, 0.25) is 17.7 Å². The minimum Gasteiger partial charge on any atom is -0.504 e. The molecule has 0 bridgehead atoms. The molecule has 0 aliphatic carbocycles. The Morgan fingerprint density at radius 2 is 0.810 bits per heavy atom.